The minimum Gasteiger partial charge on any atom is -0.376 e. The van der Waals surface area contributed by atoms with Crippen LogP contribution in [0.2, 0.25) is 0 Å². The van der Waals surface area contributed by atoms with Gasteiger partial charge in [0.1, 0.15) is 34.4 Å². The van der Waals surface area contributed by atoms with Crippen molar-refractivity contribution in [2.45, 2.75) is 97.2 Å². The second-order valence-electron chi connectivity index (χ2n) is 32.9. The Morgan fingerprint density at radius 3 is 1.08 bits per heavy atom. The highest BCUT2D eigenvalue weighted by molar-refractivity contribution is 6.34. The number of nitrogens with one attached hydrogen (secondary N) is 3. The fourth-order valence-corrected chi connectivity index (χ4v) is 19.3. The van der Waals surface area contributed by atoms with E-state index in [1.54, 1.807) is 47.8 Å². The number of Topliss-reactive ketones (excluding diaryl/α,β-unsaturated/α-hetero) is 3. The molecule has 3 saturated heterocycles. The van der Waals surface area contributed by atoms with Crippen molar-refractivity contribution in [2.24, 2.45) is 17.6 Å². The van der Waals surface area contributed by atoms with Gasteiger partial charge in [-0.2, -0.15) is 0 Å². The summed E-state index contributed by atoms with van der Waals surface area (Å²) in [7, 11) is 4.18. The molecule has 0 radical (unpaired) electrons. The molecule has 21 rings (SSSR count). The highest BCUT2D eigenvalue weighted by Crippen LogP contribution is 2.43. The van der Waals surface area contributed by atoms with Crippen LogP contribution in [0.15, 0.2) is 147 Å². The van der Waals surface area contributed by atoms with Crippen LogP contribution in [0.1, 0.15) is 102 Å². The number of rotatable bonds is 9. The number of aromatic nitrogens is 9. The van der Waals surface area contributed by atoms with E-state index in [1.807, 2.05) is 129 Å². The maximum Gasteiger partial charge on any atom is 0.320 e. The largest absolute Gasteiger partial charge is 0.376 e. The van der Waals surface area contributed by atoms with Crippen LogP contribution in [-0.2, 0) is 53.7 Å². The molecule has 3 fully saturated rings. The van der Waals surface area contributed by atoms with Crippen molar-refractivity contribution >= 4 is 119 Å². The molecule has 0 spiro atoms. The first-order valence-electron chi connectivity index (χ1n) is 41.1. The van der Waals surface area contributed by atoms with Crippen molar-refractivity contribution in [1.82, 2.24) is 92.1 Å². The van der Waals surface area contributed by atoms with Gasteiger partial charge in [-0.05, 0) is 154 Å². The predicted octanol–water partition coefficient (Wildman–Crippen LogP) is 11.0. The van der Waals surface area contributed by atoms with Crippen molar-refractivity contribution in [3.63, 3.8) is 0 Å². The van der Waals surface area contributed by atoms with Gasteiger partial charge in [0.05, 0.1) is 106 Å². The molecule has 12 aromatic rings. The second kappa shape index (κ2) is 30.8. The molecule has 5 N–H and O–H groups in total. The molecule has 29 heteroatoms. The Kier molecular flexibility index (Phi) is 19.7. The summed E-state index contributed by atoms with van der Waals surface area (Å²) in [5.74, 6) is 0.138. The maximum absolute atomic E-state index is 15.2. The summed E-state index contributed by atoms with van der Waals surface area (Å²) >= 11 is 0. The fraction of sp³-hybridized carbons (Fsp3) is 0.360. The molecule has 9 aliphatic rings. The molecule has 0 aliphatic carbocycles. The molecule has 18 heterocycles. The van der Waals surface area contributed by atoms with Crippen LogP contribution in [-0.4, -0.2) is 217 Å². The number of carbonyl (C=O) groups is 6. The summed E-state index contributed by atoms with van der Waals surface area (Å²) in [5.41, 5.74) is 21.5. The first-order chi connectivity index (χ1) is 57.4. The van der Waals surface area contributed by atoms with E-state index < -0.39 is 0 Å². The molecule has 606 valence electrons. The number of benzene rings is 3. The Hall–Kier alpha value is -12.5. The Morgan fingerprint density at radius 2 is 0.754 bits per heavy atom. The Balaban J connectivity index is 0.000000118. The minimum atomic E-state index is -0.369. The summed E-state index contributed by atoms with van der Waals surface area (Å²) in [6.07, 6.45) is 23.6. The average Bonchev–Trinajstić information content (AvgIpc) is 1.59. The van der Waals surface area contributed by atoms with Crippen molar-refractivity contribution in [3.05, 3.63) is 215 Å². The number of urea groups is 3. The normalized spacial score (nSPS) is 18.4. The molecule has 9 aliphatic heterocycles. The number of hydrogen-bond donors (Lipinski definition) is 4. The van der Waals surface area contributed by atoms with Crippen molar-refractivity contribution in [3.8, 4) is 0 Å². The third-order valence-electron chi connectivity index (χ3n) is 25.2. The number of halogens is 3. The van der Waals surface area contributed by atoms with E-state index in [4.69, 9.17) is 5.73 Å². The highest BCUT2D eigenvalue weighted by atomic mass is 19.1. The molecule has 9 aromatic heterocycles. The summed E-state index contributed by atoms with van der Waals surface area (Å²) in [6, 6.07) is 26.5. The van der Waals surface area contributed by atoms with Gasteiger partial charge in [-0.3, -0.25) is 27.6 Å². The Morgan fingerprint density at radius 1 is 0.432 bits per heavy atom. The summed E-state index contributed by atoms with van der Waals surface area (Å²) < 4.78 is 57.3. The van der Waals surface area contributed by atoms with E-state index in [0.29, 0.717) is 135 Å². The zero-order valence-electron chi connectivity index (χ0n) is 66.3. The molecule has 6 amide bonds. The second-order valence-corrected chi connectivity index (χ2v) is 32.9. The Labute approximate surface area is 678 Å². The van der Waals surface area contributed by atoms with Crippen LogP contribution in [0, 0.1) is 29.3 Å². The minimum absolute atomic E-state index is 0.0242. The molecular weight excluding hydrogens is 1500 g/mol. The number of hydrogen-bond acceptors (Lipinski definition) is 14. The highest BCUT2D eigenvalue weighted by Gasteiger charge is 2.38. The van der Waals surface area contributed by atoms with E-state index in [9.17, 15) is 28.8 Å². The maximum atomic E-state index is 15.2. The number of fused-ring (bicyclic) bond motifs is 3. The van der Waals surface area contributed by atoms with Gasteiger partial charge in [-0.1, -0.05) is 31.5 Å². The number of carbonyl (C=O) groups excluding carboxylic acids is 6. The molecule has 0 saturated carbocycles. The third kappa shape index (κ3) is 13.7. The average molecular weight is 1600 g/mol. The summed E-state index contributed by atoms with van der Waals surface area (Å²) in [6.45, 7) is 12.5. The van der Waals surface area contributed by atoms with E-state index in [0.717, 1.165) is 161 Å². The van der Waals surface area contributed by atoms with Crippen molar-refractivity contribution in [1.29, 1.82) is 0 Å². The quantitative estimate of drug-likeness (QED) is 0.105. The zero-order valence-corrected chi connectivity index (χ0v) is 66.3. The third-order valence-corrected chi connectivity index (χ3v) is 25.2. The number of pyridine rings is 3. The molecule has 0 unspecified atom stereocenters. The smallest absolute Gasteiger partial charge is 0.320 e. The van der Waals surface area contributed by atoms with Crippen molar-refractivity contribution < 1.29 is 41.9 Å². The SMILES string of the molecule is CCC1CCN(C(=O)N2CCn3cc(C4=C(c5cnc6ccccn56)C(=O)CN4)c4cc(F)cc(c43)C2)CC1.CN(C)CC1CCN(C(=O)N2CCn3cc(C4=C(c5cnc6ccccn56)C(=O)CN4)c4cc(F)cc(c43)C2)CC1.NC1CCN(C(=O)N2CCn3cc(C4=C(c5cnc6ccccn56)C(=O)CN4)c4cc(F)cc(c43)C2)CC1. The van der Waals surface area contributed by atoms with Crippen LogP contribution in [0.25, 0.3) is 83.5 Å². The van der Waals surface area contributed by atoms with E-state index in [-0.39, 0.29) is 78.6 Å². The number of imidazole rings is 3. The van der Waals surface area contributed by atoms with Gasteiger partial charge in [0, 0.05) is 181 Å². The van der Waals surface area contributed by atoms with E-state index >= 15 is 13.2 Å². The first kappa shape index (κ1) is 75.5. The van der Waals surface area contributed by atoms with Gasteiger partial charge in [0.15, 0.2) is 17.3 Å². The van der Waals surface area contributed by atoms with Gasteiger partial charge < -0.3 is 69.7 Å². The lowest BCUT2D eigenvalue weighted by atomic mass is 9.95. The van der Waals surface area contributed by atoms with Gasteiger partial charge in [-0.25, -0.2) is 42.5 Å². The van der Waals surface area contributed by atoms with Gasteiger partial charge in [-0.15, -0.1) is 0 Å². The topological polar surface area (TPSA) is 254 Å². The van der Waals surface area contributed by atoms with Crippen LogP contribution in [0.3, 0.4) is 0 Å². The summed E-state index contributed by atoms with van der Waals surface area (Å²) in [5, 5.41) is 12.1. The lowest BCUT2D eigenvalue weighted by molar-refractivity contribution is -0.113. The molecule has 0 atom stereocenters. The fourth-order valence-electron chi connectivity index (χ4n) is 19.3. The molecular formula is C89H93F3N20O6. The number of amides is 6. The van der Waals surface area contributed by atoms with Crippen LogP contribution in [0.5, 0.6) is 0 Å². The van der Waals surface area contributed by atoms with Crippen molar-refractivity contribution in [2.75, 3.05) is 99.2 Å². The number of nitrogens with zero attached hydrogens (tertiary/aromatic N) is 16. The van der Waals surface area contributed by atoms with Crippen LogP contribution < -0.4 is 21.7 Å². The van der Waals surface area contributed by atoms with E-state index in [1.165, 1.54) is 12.1 Å². The number of ketones is 3. The monoisotopic (exact) mass is 1590 g/mol. The molecule has 0 bridgehead atoms. The molecule has 3 aromatic carbocycles. The zero-order chi connectivity index (χ0) is 80.9. The summed E-state index contributed by atoms with van der Waals surface area (Å²) in [4.78, 5) is 107. The standard InChI is InChI=1S/C31H34FN7O2.C30H31FN6O2.C28H28FN7O2/c1-35(2)17-20-6-9-36(10-7-20)31(41)38-12-11-37-19-24(23-14-22(32)13-21(18-38)30(23)37)29-28(26(40)16-34-29)25-15-33-27-5-3-4-8-39(25)27;1-2-19-6-9-34(10-7-19)30(39)36-12-11-35-18-23(22-14-21(31)13-20(17-36)29(22)35)28-27(25(38)16-33-28)24-15-32-26-5-3-4-8-37(24)26;29-18-11-17-15-35(28(38)33-7-4-19(30)5-8-33)10-9-34-16-21(20(12-18)27(17)34)26-25(23(37)14-32-26)22-13-31-24-3-1-2-6-36(22)24/h3-5,8,13-15,19-20,34H,6-7,9-12,16-18H2,1-2H3;3-5,8,13-15,18-19,33H,2,6-7,9-12,16-17H2,1H3;1-3,6,11-13,16,19,32H,4-5,7-10,14-15,30H2. The predicted molar refractivity (Wildman–Crippen MR) is 444 cm³/mol. The number of likely N-dealkylation sites (tertiary alicyclic amines) is 3. The van der Waals surface area contributed by atoms with Gasteiger partial charge in [0.25, 0.3) is 0 Å². The van der Waals surface area contributed by atoms with Crippen LogP contribution >= 0.6 is 0 Å². The van der Waals surface area contributed by atoms with Crippen LogP contribution in [0.4, 0.5) is 27.6 Å². The Bertz CT molecular complexity index is 6190. The number of nitrogens with two attached hydrogens (primary N) is 1. The van der Waals surface area contributed by atoms with E-state index in [2.05, 4.69) is 70.5 Å². The van der Waals surface area contributed by atoms with Gasteiger partial charge >= 0.3 is 18.1 Å². The van der Waals surface area contributed by atoms with Gasteiger partial charge in [0.2, 0.25) is 0 Å². The lowest BCUT2D eigenvalue weighted by Crippen LogP contribution is -2.49. The number of piperidine rings is 3. The molecule has 118 heavy (non-hydrogen) atoms. The molecule has 26 nitrogen and oxygen atoms in total. The first-order valence-corrected chi connectivity index (χ1v) is 41.1. The lowest BCUT2D eigenvalue weighted by Gasteiger charge is -2.36.